The van der Waals surface area contributed by atoms with E-state index >= 15 is 0 Å². The molecule has 0 aromatic heterocycles. The third kappa shape index (κ3) is 4.46. The lowest BCUT2D eigenvalue weighted by molar-refractivity contribution is 0.0487. The summed E-state index contributed by atoms with van der Waals surface area (Å²) in [6.45, 7) is 1.88. The molecule has 4 nitrogen and oxygen atoms in total. The van der Waals surface area contributed by atoms with Crippen molar-refractivity contribution in [2.75, 3.05) is 25.5 Å². The van der Waals surface area contributed by atoms with Crippen LogP contribution in [0.25, 0.3) is 0 Å². The number of carbonyl (C=O) groups is 1. The zero-order chi connectivity index (χ0) is 17.0. The normalized spacial score (nSPS) is 15.9. The highest BCUT2D eigenvalue weighted by atomic mass is 35.5. The third-order valence-electron chi connectivity index (χ3n) is 4.68. The second-order valence-electron chi connectivity index (χ2n) is 6.17. The van der Waals surface area contributed by atoms with Crippen molar-refractivity contribution in [1.29, 1.82) is 0 Å². The maximum Gasteiger partial charge on any atom is 0.253 e. The summed E-state index contributed by atoms with van der Waals surface area (Å²) in [7, 11) is 0. The van der Waals surface area contributed by atoms with Crippen LogP contribution < -0.4 is 11.1 Å². The molecule has 0 saturated carbocycles. The lowest BCUT2D eigenvalue weighted by atomic mass is 9.74. The van der Waals surface area contributed by atoms with E-state index in [1.165, 1.54) is 0 Å². The molecule has 1 saturated heterocycles. The summed E-state index contributed by atoms with van der Waals surface area (Å²) >= 11 is 6.17. The number of anilines is 1. The van der Waals surface area contributed by atoms with Gasteiger partial charge < -0.3 is 15.8 Å². The van der Waals surface area contributed by atoms with E-state index < -0.39 is 0 Å². The lowest BCUT2D eigenvalue weighted by Gasteiger charge is -2.38. The van der Waals surface area contributed by atoms with Crippen molar-refractivity contribution in [2.24, 2.45) is 0 Å². The molecule has 3 N–H and O–H groups in total. The van der Waals surface area contributed by atoms with E-state index in [4.69, 9.17) is 22.1 Å². The Morgan fingerprint density at radius 2 is 1.88 bits per heavy atom. The van der Waals surface area contributed by atoms with Crippen LogP contribution in [0.5, 0.6) is 0 Å². The summed E-state index contributed by atoms with van der Waals surface area (Å²) in [5.74, 6) is -0.152. The number of hydrogen-bond donors (Lipinski definition) is 2. The van der Waals surface area contributed by atoms with Crippen molar-refractivity contribution >= 4 is 35.6 Å². The van der Waals surface area contributed by atoms with Gasteiger partial charge in [-0.05, 0) is 42.7 Å². The summed E-state index contributed by atoms with van der Waals surface area (Å²) in [4.78, 5) is 12.5. The van der Waals surface area contributed by atoms with Gasteiger partial charge in [0.2, 0.25) is 0 Å². The van der Waals surface area contributed by atoms with E-state index in [9.17, 15) is 4.79 Å². The van der Waals surface area contributed by atoms with Gasteiger partial charge in [-0.25, -0.2) is 0 Å². The van der Waals surface area contributed by atoms with Crippen LogP contribution in [0.2, 0.25) is 5.02 Å². The maximum absolute atomic E-state index is 12.5. The predicted octanol–water partition coefficient (Wildman–Crippen LogP) is 3.82. The van der Waals surface area contributed by atoms with E-state index in [0.717, 1.165) is 18.4 Å². The molecular weight excluding hydrogens is 359 g/mol. The van der Waals surface area contributed by atoms with Gasteiger partial charge in [0, 0.05) is 35.9 Å². The van der Waals surface area contributed by atoms with Crippen LogP contribution in [-0.4, -0.2) is 25.7 Å². The Hall–Kier alpha value is -1.75. The highest BCUT2D eigenvalue weighted by Gasteiger charge is 2.35. The molecule has 0 unspecified atom stereocenters. The lowest BCUT2D eigenvalue weighted by Crippen LogP contribution is -2.44. The van der Waals surface area contributed by atoms with Gasteiger partial charge in [0.15, 0.2) is 0 Å². The Balaban J connectivity index is 0.00000225. The summed E-state index contributed by atoms with van der Waals surface area (Å²) in [5.41, 5.74) is 7.86. The SMILES string of the molecule is Cl.Nc1ccccc1C(=O)NCC1(c2cccc(Cl)c2)CCOCC1. The fourth-order valence-electron chi connectivity index (χ4n) is 3.20. The number of nitrogen functional groups attached to an aromatic ring is 1. The minimum Gasteiger partial charge on any atom is -0.398 e. The molecule has 0 aliphatic carbocycles. The maximum atomic E-state index is 12.5. The van der Waals surface area contributed by atoms with Gasteiger partial charge in [0.1, 0.15) is 0 Å². The molecule has 1 amide bonds. The molecule has 0 atom stereocenters. The molecule has 134 valence electrons. The highest BCUT2D eigenvalue weighted by Crippen LogP contribution is 2.35. The van der Waals surface area contributed by atoms with Crippen molar-refractivity contribution < 1.29 is 9.53 Å². The first kappa shape index (κ1) is 19.6. The standard InChI is InChI=1S/C19H21ClN2O2.ClH/c20-15-5-3-4-14(12-15)19(8-10-24-11-9-19)13-22-18(23)16-6-1-2-7-17(16)21;/h1-7,12H,8-11,13,21H2,(H,22,23);1H. The Morgan fingerprint density at radius 3 is 2.56 bits per heavy atom. The summed E-state index contributed by atoms with van der Waals surface area (Å²) in [6, 6.07) is 15.0. The van der Waals surface area contributed by atoms with Crippen LogP contribution in [-0.2, 0) is 10.2 Å². The van der Waals surface area contributed by atoms with Crippen molar-refractivity contribution in [2.45, 2.75) is 18.3 Å². The van der Waals surface area contributed by atoms with Crippen molar-refractivity contribution in [1.82, 2.24) is 5.32 Å². The highest BCUT2D eigenvalue weighted by molar-refractivity contribution is 6.30. The van der Waals surface area contributed by atoms with Crippen molar-refractivity contribution in [3.05, 3.63) is 64.7 Å². The molecule has 0 spiro atoms. The second-order valence-corrected chi connectivity index (χ2v) is 6.61. The number of para-hydroxylation sites is 1. The summed E-state index contributed by atoms with van der Waals surface area (Å²) in [6.07, 6.45) is 1.69. The minimum absolute atomic E-state index is 0. The van der Waals surface area contributed by atoms with E-state index in [2.05, 4.69) is 11.4 Å². The molecule has 0 radical (unpaired) electrons. The van der Waals surface area contributed by atoms with Gasteiger partial charge in [0.05, 0.1) is 5.56 Å². The Labute approximate surface area is 159 Å². The molecule has 1 heterocycles. The molecule has 25 heavy (non-hydrogen) atoms. The number of ether oxygens (including phenoxy) is 1. The van der Waals surface area contributed by atoms with Crippen LogP contribution in [0.1, 0.15) is 28.8 Å². The topological polar surface area (TPSA) is 64.4 Å². The largest absolute Gasteiger partial charge is 0.398 e. The average molecular weight is 381 g/mol. The van der Waals surface area contributed by atoms with Gasteiger partial charge in [0.25, 0.3) is 5.91 Å². The van der Waals surface area contributed by atoms with E-state index in [0.29, 0.717) is 36.0 Å². The Morgan fingerprint density at radius 1 is 1.16 bits per heavy atom. The average Bonchev–Trinajstić information content (AvgIpc) is 2.61. The molecular formula is C19H22Cl2N2O2. The molecule has 2 aromatic carbocycles. The molecule has 0 bridgehead atoms. The Kier molecular flexibility index (Phi) is 6.71. The fraction of sp³-hybridized carbons (Fsp3) is 0.316. The number of nitrogens with two attached hydrogens (primary N) is 1. The molecule has 2 aromatic rings. The number of amides is 1. The van der Waals surface area contributed by atoms with Gasteiger partial charge in [-0.2, -0.15) is 0 Å². The van der Waals surface area contributed by atoms with Crippen LogP contribution in [0.4, 0.5) is 5.69 Å². The summed E-state index contributed by atoms with van der Waals surface area (Å²) < 4.78 is 5.52. The second kappa shape index (κ2) is 8.56. The number of hydrogen-bond acceptors (Lipinski definition) is 3. The quantitative estimate of drug-likeness (QED) is 0.792. The first-order valence-electron chi connectivity index (χ1n) is 8.07. The van der Waals surface area contributed by atoms with Gasteiger partial charge >= 0.3 is 0 Å². The number of benzene rings is 2. The molecule has 1 aliphatic heterocycles. The van der Waals surface area contributed by atoms with Gasteiger partial charge in [-0.1, -0.05) is 35.9 Å². The monoisotopic (exact) mass is 380 g/mol. The van der Waals surface area contributed by atoms with Crippen LogP contribution >= 0.6 is 24.0 Å². The van der Waals surface area contributed by atoms with Crippen LogP contribution in [0.15, 0.2) is 48.5 Å². The van der Waals surface area contributed by atoms with Crippen LogP contribution in [0.3, 0.4) is 0 Å². The minimum atomic E-state index is -0.164. The van der Waals surface area contributed by atoms with Gasteiger partial charge in [-0.3, -0.25) is 4.79 Å². The molecule has 1 fully saturated rings. The van der Waals surface area contributed by atoms with Gasteiger partial charge in [-0.15, -0.1) is 12.4 Å². The first-order chi connectivity index (χ1) is 11.6. The number of rotatable bonds is 4. The van der Waals surface area contributed by atoms with E-state index in [1.807, 2.05) is 30.3 Å². The molecule has 6 heteroatoms. The smallest absolute Gasteiger partial charge is 0.253 e. The first-order valence-corrected chi connectivity index (χ1v) is 8.45. The van der Waals surface area contributed by atoms with E-state index in [-0.39, 0.29) is 23.7 Å². The van der Waals surface area contributed by atoms with Crippen molar-refractivity contribution in [3.8, 4) is 0 Å². The number of carbonyl (C=O) groups excluding carboxylic acids is 1. The zero-order valence-corrected chi connectivity index (χ0v) is 15.4. The number of nitrogens with one attached hydrogen (secondary N) is 1. The third-order valence-corrected chi connectivity index (χ3v) is 4.91. The van der Waals surface area contributed by atoms with Crippen molar-refractivity contribution in [3.63, 3.8) is 0 Å². The van der Waals surface area contributed by atoms with Crippen LogP contribution in [0, 0.1) is 0 Å². The molecule has 1 aliphatic rings. The number of halogens is 2. The zero-order valence-electron chi connectivity index (χ0n) is 13.8. The fourth-order valence-corrected chi connectivity index (χ4v) is 3.39. The Bertz CT molecular complexity index is 731. The predicted molar refractivity (Wildman–Crippen MR) is 104 cm³/mol. The molecule has 3 rings (SSSR count). The van der Waals surface area contributed by atoms with E-state index in [1.54, 1.807) is 12.1 Å². The summed E-state index contributed by atoms with van der Waals surface area (Å²) in [5, 5.41) is 3.76.